The molecule has 9 aromatic rings. The van der Waals surface area contributed by atoms with Crippen LogP contribution < -0.4 is 4.90 Å². The molecule has 0 unspecified atom stereocenters. The Bertz CT molecular complexity index is 2690. The van der Waals surface area contributed by atoms with Crippen LogP contribution in [-0.2, 0) is 5.41 Å². The smallest absolute Gasteiger partial charge is 0.0543 e. The molecule has 2 aromatic heterocycles. The summed E-state index contributed by atoms with van der Waals surface area (Å²) in [5.74, 6) is 0. The number of thiophene rings is 2. The van der Waals surface area contributed by atoms with Crippen molar-refractivity contribution >= 4 is 90.9 Å². The SMILES string of the molecule is CC1(C)c2ccccc2-c2c(N(c3ccc4sc5ccccc5c4c3)c3cccc4cc5sc6ccccc6c5cc34)cccc21. The number of hydrogen-bond acceptors (Lipinski definition) is 3. The van der Waals surface area contributed by atoms with Gasteiger partial charge < -0.3 is 4.90 Å². The molecule has 7 aromatic carbocycles. The summed E-state index contributed by atoms with van der Waals surface area (Å²) in [5.41, 5.74) is 8.94. The van der Waals surface area contributed by atoms with Crippen molar-refractivity contribution in [1.29, 1.82) is 0 Å². The van der Waals surface area contributed by atoms with Crippen LogP contribution in [0.4, 0.5) is 17.1 Å². The van der Waals surface area contributed by atoms with Crippen LogP contribution in [0.1, 0.15) is 25.0 Å². The van der Waals surface area contributed by atoms with E-state index < -0.39 is 0 Å². The van der Waals surface area contributed by atoms with Crippen LogP contribution in [-0.4, -0.2) is 0 Å². The Balaban J connectivity index is 1.32. The van der Waals surface area contributed by atoms with Crippen LogP contribution in [0.2, 0.25) is 0 Å². The molecule has 0 aliphatic heterocycles. The molecule has 0 N–H and O–H groups in total. The molecule has 0 radical (unpaired) electrons. The largest absolute Gasteiger partial charge is 0.309 e. The molecule has 2 heterocycles. The predicted molar refractivity (Wildman–Crippen MR) is 202 cm³/mol. The number of benzene rings is 7. The van der Waals surface area contributed by atoms with Crippen molar-refractivity contribution in [2.45, 2.75) is 19.3 Å². The van der Waals surface area contributed by atoms with E-state index in [0.717, 1.165) is 0 Å². The van der Waals surface area contributed by atoms with Crippen molar-refractivity contribution in [3.05, 3.63) is 151 Å². The Kier molecular flexibility index (Phi) is 5.44. The zero-order valence-electron chi connectivity index (χ0n) is 25.5. The Morgan fingerprint density at radius 2 is 1.09 bits per heavy atom. The highest BCUT2D eigenvalue weighted by molar-refractivity contribution is 7.26. The van der Waals surface area contributed by atoms with Crippen molar-refractivity contribution in [2.75, 3.05) is 4.90 Å². The van der Waals surface area contributed by atoms with E-state index in [1.54, 1.807) is 0 Å². The molecule has 0 atom stereocenters. The van der Waals surface area contributed by atoms with Gasteiger partial charge in [-0.25, -0.2) is 0 Å². The number of fused-ring (bicyclic) bond motifs is 10. The summed E-state index contributed by atoms with van der Waals surface area (Å²) in [6.07, 6.45) is 0. The first-order valence-corrected chi connectivity index (χ1v) is 17.5. The van der Waals surface area contributed by atoms with Gasteiger partial charge in [-0.1, -0.05) is 98.8 Å². The summed E-state index contributed by atoms with van der Waals surface area (Å²) in [7, 11) is 0. The Morgan fingerprint density at radius 1 is 0.457 bits per heavy atom. The van der Waals surface area contributed by atoms with Crippen LogP contribution in [0, 0.1) is 0 Å². The van der Waals surface area contributed by atoms with E-state index in [0.29, 0.717) is 0 Å². The molecule has 46 heavy (non-hydrogen) atoms. The van der Waals surface area contributed by atoms with E-state index >= 15 is 0 Å². The van der Waals surface area contributed by atoms with Gasteiger partial charge in [0.05, 0.1) is 11.4 Å². The fourth-order valence-corrected chi connectivity index (χ4v) is 10.1. The molecule has 1 nitrogen and oxygen atoms in total. The summed E-state index contributed by atoms with van der Waals surface area (Å²) in [6.45, 7) is 4.73. The first-order chi connectivity index (χ1) is 22.6. The van der Waals surface area contributed by atoms with E-state index in [2.05, 4.69) is 158 Å². The second kappa shape index (κ2) is 9.53. The molecular weight excluding hydrogens is 595 g/mol. The minimum Gasteiger partial charge on any atom is -0.309 e. The third-order valence-corrected chi connectivity index (χ3v) is 12.3. The molecule has 0 saturated carbocycles. The third kappa shape index (κ3) is 3.61. The number of rotatable bonds is 3. The fourth-order valence-electron chi connectivity index (χ4n) is 7.86. The van der Waals surface area contributed by atoms with Gasteiger partial charge in [0, 0.05) is 62.4 Å². The maximum absolute atomic E-state index is 2.53. The molecule has 0 fully saturated rings. The first kappa shape index (κ1) is 26.3. The average Bonchev–Trinajstić information content (AvgIpc) is 3.72. The van der Waals surface area contributed by atoms with Gasteiger partial charge in [0.25, 0.3) is 0 Å². The van der Waals surface area contributed by atoms with Crippen LogP contribution in [0.25, 0.3) is 62.2 Å². The molecule has 1 aliphatic carbocycles. The quantitative estimate of drug-likeness (QED) is 0.189. The predicted octanol–water partition coefficient (Wildman–Crippen LogP) is 13.4. The molecule has 3 heteroatoms. The minimum atomic E-state index is -0.0817. The van der Waals surface area contributed by atoms with Crippen molar-refractivity contribution in [2.24, 2.45) is 0 Å². The summed E-state index contributed by atoms with van der Waals surface area (Å²) in [4.78, 5) is 2.53. The van der Waals surface area contributed by atoms with Crippen molar-refractivity contribution in [3.8, 4) is 11.1 Å². The van der Waals surface area contributed by atoms with Crippen LogP contribution in [0.3, 0.4) is 0 Å². The van der Waals surface area contributed by atoms with E-state index in [-0.39, 0.29) is 5.41 Å². The Morgan fingerprint density at radius 3 is 1.91 bits per heavy atom. The van der Waals surface area contributed by atoms with Gasteiger partial charge in [-0.05, 0) is 76.7 Å². The molecule has 0 bridgehead atoms. The summed E-state index contributed by atoms with van der Waals surface area (Å²) in [5, 5.41) is 7.80. The highest BCUT2D eigenvalue weighted by Gasteiger charge is 2.37. The van der Waals surface area contributed by atoms with Crippen molar-refractivity contribution in [3.63, 3.8) is 0 Å². The molecule has 0 saturated heterocycles. The van der Waals surface area contributed by atoms with E-state index in [1.807, 2.05) is 22.7 Å². The van der Waals surface area contributed by atoms with Gasteiger partial charge >= 0.3 is 0 Å². The lowest BCUT2D eigenvalue weighted by atomic mass is 9.82. The van der Waals surface area contributed by atoms with E-state index in [9.17, 15) is 0 Å². The monoisotopic (exact) mass is 623 g/mol. The van der Waals surface area contributed by atoms with E-state index in [1.165, 1.54) is 90.4 Å². The molecule has 218 valence electrons. The van der Waals surface area contributed by atoms with Gasteiger partial charge in [0.15, 0.2) is 0 Å². The van der Waals surface area contributed by atoms with Crippen molar-refractivity contribution < 1.29 is 0 Å². The second-order valence-electron chi connectivity index (χ2n) is 12.9. The Hall–Kier alpha value is -4.96. The van der Waals surface area contributed by atoms with Gasteiger partial charge in [-0.3, -0.25) is 0 Å². The fraction of sp³-hybridized carbons (Fsp3) is 0.0698. The van der Waals surface area contributed by atoms with E-state index in [4.69, 9.17) is 0 Å². The summed E-state index contributed by atoms with van der Waals surface area (Å²) in [6, 6.07) is 52.2. The molecule has 0 spiro atoms. The number of nitrogens with zero attached hydrogens (tertiary/aromatic N) is 1. The maximum Gasteiger partial charge on any atom is 0.0543 e. The van der Waals surface area contributed by atoms with Crippen LogP contribution in [0.15, 0.2) is 140 Å². The number of hydrogen-bond donors (Lipinski definition) is 0. The van der Waals surface area contributed by atoms with Gasteiger partial charge in [-0.2, -0.15) is 0 Å². The lowest BCUT2D eigenvalue weighted by Gasteiger charge is -2.30. The van der Waals surface area contributed by atoms with Gasteiger partial charge in [0.1, 0.15) is 0 Å². The molecular formula is C43H29NS2. The Labute approximate surface area is 275 Å². The lowest BCUT2D eigenvalue weighted by molar-refractivity contribution is 0.660. The molecule has 1 aliphatic rings. The topological polar surface area (TPSA) is 3.24 Å². The van der Waals surface area contributed by atoms with Gasteiger partial charge in [0.2, 0.25) is 0 Å². The summed E-state index contributed by atoms with van der Waals surface area (Å²) >= 11 is 3.76. The zero-order valence-corrected chi connectivity index (χ0v) is 27.2. The van der Waals surface area contributed by atoms with Gasteiger partial charge in [-0.15, -0.1) is 22.7 Å². The minimum absolute atomic E-state index is 0.0817. The molecule has 0 amide bonds. The third-order valence-electron chi connectivity index (χ3n) is 10.0. The van der Waals surface area contributed by atoms with Crippen LogP contribution in [0.5, 0.6) is 0 Å². The van der Waals surface area contributed by atoms with Crippen LogP contribution >= 0.6 is 22.7 Å². The summed E-state index contributed by atoms with van der Waals surface area (Å²) < 4.78 is 5.31. The highest BCUT2D eigenvalue weighted by Crippen LogP contribution is 2.55. The van der Waals surface area contributed by atoms with Crippen molar-refractivity contribution in [1.82, 2.24) is 0 Å². The first-order valence-electron chi connectivity index (χ1n) is 15.9. The highest BCUT2D eigenvalue weighted by atomic mass is 32.1. The zero-order chi connectivity index (χ0) is 30.6. The molecule has 10 rings (SSSR count). The second-order valence-corrected chi connectivity index (χ2v) is 15.1. The normalized spacial score (nSPS) is 13.6. The lowest BCUT2D eigenvalue weighted by Crippen LogP contribution is -2.16. The average molecular weight is 624 g/mol. The standard InChI is InChI=1S/C43H29NS2/c1-43(2)34-15-6-3-14-30(34)42-35(43)16-10-18-37(42)44(27-21-22-40-32(24-27)28-12-4-7-19-38(28)45-40)36-17-9-11-26-23-41-33(25-31(26)36)29-13-5-8-20-39(29)46-41/h3-25H,1-2H3. The number of anilines is 3. The maximum atomic E-state index is 2.53.